The van der Waals surface area contributed by atoms with Crippen LogP contribution in [0, 0.1) is 0 Å². The van der Waals surface area contributed by atoms with Crippen LogP contribution in [0.2, 0.25) is 10.0 Å². The Kier molecular flexibility index (Phi) is 6.86. The summed E-state index contributed by atoms with van der Waals surface area (Å²) in [4.78, 5) is 1.06. The SMILES string of the molecule is NNC(CSc1ccccc1Cl)Cc1ccc(Br)cc1Cl. The van der Waals surface area contributed by atoms with Crippen molar-refractivity contribution in [2.45, 2.75) is 17.4 Å². The predicted molar refractivity (Wildman–Crippen MR) is 96.1 cm³/mol. The average molecular weight is 406 g/mol. The average Bonchev–Trinajstić information content (AvgIpc) is 2.47. The molecule has 21 heavy (non-hydrogen) atoms. The van der Waals surface area contributed by atoms with E-state index >= 15 is 0 Å². The van der Waals surface area contributed by atoms with Gasteiger partial charge in [0.25, 0.3) is 0 Å². The van der Waals surface area contributed by atoms with Crippen LogP contribution in [0.5, 0.6) is 0 Å². The van der Waals surface area contributed by atoms with E-state index in [1.165, 1.54) is 0 Å². The molecule has 3 N–H and O–H groups in total. The van der Waals surface area contributed by atoms with E-state index in [0.717, 1.165) is 37.2 Å². The number of nitrogens with one attached hydrogen (secondary N) is 1. The van der Waals surface area contributed by atoms with E-state index in [1.807, 2.05) is 42.5 Å². The van der Waals surface area contributed by atoms with Crippen LogP contribution in [0.15, 0.2) is 51.8 Å². The lowest BCUT2D eigenvalue weighted by Crippen LogP contribution is -2.38. The zero-order chi connectivity index (χ0) is 15.2. The molecule has 0 aromatic heterocycles. The molecule has 2 nitrogen and oxygen atoms in total. The Bertz CT molecular complexity index is 610. The maximum atomic E-state index is 6.25. The summed E-state index contributed by atoms with van der Waals surface area (Å²) < 4.78 is 0.971. The van der Waals surface area contributed by atoms with Crippen molar-refractivity contribution >= 4 is 50.9 Å². The molecule has 0 fully saturated rings. The molecule has 1 unspecified atom stereocenters. The van der Waals surface area contributed by atoms with Crippen molar-refractivity contribution in [3.63, 3.8) is 0 Å². The molecule has 0 aliphatic heterocycles. The summed E-state index contributed by atoms with van der Waals surface area (Å²) in [5.41, 5.74) is 3.92. The van der Waals surface area contributed by atoms with Gasteiger partial charge in [0.05, 0.1) is 5.02 Å². The molecule has 0 radical (unpaired) electrons. The number of rotatable bonds is 6. The van der Waals surface area contributed by atoms with Crippen LogP contribution in [0.3, 0.4) is 0 Å². The molecular formula is C15H15BrCl2N2S. The van der Waals surface area contributed by atoms with Crippen molar-refractivity contribution in [3.05, 3.63) is 62.5 Å². The van der Waals surface area contributed by atoms with E-state index in [4.69, 9.17) is 29.0 Å². The van der Waals surface area contributed by atoms with Crippen molar-refractivity contribution < 1.29 is 0 Å². The number of nitrogens with two attached hydrogens (primary N) is 1. The normalized spacial score (nSPS) is 12.4. The second-order valence-corrected chi connectivity index (χ2v) is 7.34. The molecule has 0 amide bonds. The van der Waals surface area contributed by atoms with Crippen LogP contribution in [-0.2, 0) is 6.42 Å². The molecule has 2 aromatic carbocycles. The summed E-state index contributed by atoms with van der Waals surface area (Å²) in [6.45, 7) is 0. The van der Waals surface area contributed by atoms with Gasteiger partial charge in [0.15, 0.2) is 0 Å². The Morgan fingerprint density at radius 3 is 2.57 bits per heavy atom. The fraction of sp³-hybridized carbons (Fsp3) is 0.200. The smallest absolute Gasteiger partial charge is 0.0541 e. The molecule has 2 aromatic rings. The van der Waals surface area contributed by atoms with Gasteiger partial charge >= 0.3 is 0 Å². The van der Waals surface area contributed by atoms with Crippen LogP contribution >= 0.6 is 50.9 Å². The molecule has 6 heteroatoms. The highest BCUT2D eigenvalue weighted by molar-refractivity contribution is 9.10. The number of hydrogen-bond acceptors (Lipinski definition) is 3. The second-order valence-electron chi connectivity index (χ2n) is 4.54. The third kappa shape index (κ3) is 5.16. The van der Waals surface area contributed by atoms with E-state index in [0.29, 0.717) is 0 Å². The van der Waals surface area contributed by atoms with Crippen LogP contribution in [0.1, 0.15) is 5.56 Å². The molecule has 0 saturated carbocycles. The highest BCUT2D eigenvalue weighted by Crippen LogP contribution is 2.28. The first-order valence-electron chi connectivity index (χ1n) is 6.37. The quantitative estimate of drug-likeness (QED) is 0.406. The highest BCUT2D eigenvalue weighted by Gasteiger charge is 2.12. The minimum absolute atomic E-state index is 0.116. The van der Waals surface area contributed by atoms with Gasteiger partial charge in [-0.05, 0) is 36.2 Å². The first-order chi connectivity index (χ1) is 10.1. The monoisotopic (exact) mass is 404 g/mol. The molecule has 0 bridgehead atoms. The molecule has 0 aliphatic rings. The zero-order valence-corrected chi connectivity index (χ0v) is 15.1. The van der Waals surface area contributed by atoms with Crippen molar-refractivity contribution in [1.82, 2.24) is 5.43 Å². The van der Waals surface area contributed by atoms with Gasteiger partial charge in [-0.25, -0.2) is 0 Å². The third-order valence-corrected chi connectivity index (χ3v) is 5.52. The maximum Gasteiger partial charge on any atom is 0.0541 e. The van der Waals surface area contributed by atoms with Gasteiger partial charge in [-0.2, -0.15) is 0 Å². The van der Waals surface area contributed by atoms with E-state index < -0.39 is 0 Å². The Morgan fingerprint density at radius 2 is 1.90 bits per heavy atom. The van der Waals surface area contributed by atoms with Gasteiger partial charge in [0.2, 0.25) is 0 Å². The summed E-state index contributed by atoms with van der Waals surface area (Å²) in [5.74, 6) is 6.47. The van der Waals surface area contributed by atoms with Crippen molar-refractivity contribution in [3.8, 4) is 0 Å². The summed E-state index contributed by atoms with van der Waals surface area (Å²) in [6, 6.07) is 13.8. The van der Waals surface area contributed by atoms with Gasteiger partial charge in [-0.1, -0.05) is 57.3 Å². The summed E-state index contributed by atoms with van der Waals surface area (Å²) >= 11 is 17.5. The van der Waals surface area contributed by atoms with E-state index in [1.54, 1.807) is 11.8 Å². The van der Waals surface area contributed by atoms with Crippen LogP contribution in [0.25, 0.3) is 0 Å². The first kappa shape index (κ1) is 17.1. The van der Waals surface area contributed by atoms with E-state index in [2.05, 4.69) is 21.4 Å². The minimum atomic E-state index is 0.116. The fourth-order valence-electron chi connectivity index (χ4n) is 1.87. The topological polar surface area (TPSA) is 38.0 Å². The molecular weight excluding hydrogens is 391 g/mol. The minimum Gasteiger partial charge on any atom is -0.271 e. The second kappa shape index (κ2) is 8.42. The number of thioether (sulfide) groups is 1. The lowest BCUT2D eigenvalue weighted by atomic mass is 10.1. The summed E-state index contributed by atoms with van der Waals surface area (Å²) in [7, 11) is 0. The number of halogens is 3. The Balaban J connectivity index is 1.99. The molecule has 112 valence electrons. The predicted octanol–water partition coefficient (Wildman–Crippen LogP) is 4.92. The zero-order valence-electron chi connectivity index (χ0n) is 11.2. The van der Waals surface area contributed by atoms with Crippen molar-refractivity contribution in [2.75, 3.05) is 5.75 Å². The molecule has 1 atom stereocenters. The molecule has 0 spiro atoms. The van der Waals surface area contributed by atoms with Gasteiger partial charge in [-0.3, -0.25) is 11.3 Å². The third-order valence-electron chi connectivity index (χ3n) is 2.99. The largest absolute Gasteiger partial charge is 0.271 e. The van der Waals surface area contributed by atoms with E-state index in [9.17, 15) is 0 Å². The fourth-order valence-corrected chi connectivity index (χ4v) is 3.90. The van der Waals surface area contributed by atoms with Crippen molar-refractivity contribution in [2.24, 2.45) is 5.84 Å². The lowest BCUT2D eigenvalue weighted by molar-refractivity contribution is 0.575. The Hall–Kier alpha value is -0.230. The first-order valence-corrected chi connectivity index (χ1v) is 8.91. The Labute approximate surface area is 147 Å². The van der Waals surface area contributed by atoms with Crippen LogP contribution in [0.4, 0.5) is 0 Å². The number of hydrogen-bond donors (Lipinski definition) is 2. The molecule has 0 aliphatic carbocycles. The highest BCUT2D eigenvalue weighted by atomic mass is 79.9. The maximum absolute atomic E-state index is 6.25. The van der Waals surface area contributed by atoms with Gasteiger partial charge < -0.3 is 0 Å². The van der Waals surface area contributed by atoms with Crippen LogP contribution < -0.4 is 11.3 Å². The summed E-state index contributed by atoms with van der Waals surface area (Å²) in [5, 5.41) is 1.51. The standard InChI is InChI=1S/C15H15BrCl2N2S/c16-11-6-5-10(14(18)8-11)7-12(20-19)9-21-15-4-2-1-3-13(15)17/h1-6,8,12,20H,7,9,19H2. The van der Waals surface area contributed by atoms with Gasteiger partial charge in [0, 0.05) is 26.2 Å². The Morgan fingerprint density at radius 1 is 1.14 bits per heavy atom. The van der Waals surface area contributed by atoms with E-state index in [-0.39, 0.29) is 6.04 Å². The molecule has 0 saturated heterocycles. The number of benzene rings is 2. The lowest BCUT2D eigenvalue weighted by Gasteiger charge is -2.17. The molecule has 0 heterocycles. The molecule has 2 rings (SSSR count). The van der Waals surface area contributed by atoms with Gasteiger partial charge in [0.1, 0.15) is 0 Å². The summed E-state index contributed by atoms with van der Waals surface area (Å²) in [6.07, 6.45) is 0.764. The van der Waals surface area contributed by atoms with Crippen molar-refractivity contribution in [1.29, 1.82) is 0 Å². The number of hydrazine groups is 1. The van der Waals surface area contributed by atoms with Gasteiger partial charge in [-0.15, -0.1) is 11.8 Å². The van der Waals surface area contributed by atoms with Crippen LogP contribution in [-0.4, -0.2) is 11.8 Å².